The van der Waals surface area contributed by atoms with E-state index >= 15 is 0 Å². The largest absolute Gasteiger partial charge is 0.288 e. The van der Waals surface area contributed by atoms with Crippen molar-refractivity contribution in [3.05, 3.63) is 113 Å². The van der Waals surface area contributed by atoms with Crippen LogP contribution in [0.15, 0.2) is 95.5 Å². The molecule has 6 rings (SSSR count). The molecule has 26 heavy (non-hydrogen) atoms. The van der Waals surface area contributed by atoms with Crippen LogP contribution in [0.1, 0.15) is 22.3 Å². The Bertz CT molecular complexity index is 1110. The van der Waals surface area contributed by atoms with E-state index in [9.17, 15) is 0 Å². The standard InChI is InChI=1S/C25H17N/c1-4-11-21-17(8-1)18-9-2-5-12-22(18)25(21)23-13-6-3-10-19(23)20-16-26-15-7-14-24(20)25/h1-14,16H,15H2. The van der Waals surface area contributed by atoms with E-state index in [0.29, 0.717) is 0 Å². The normalized spacial score (nSPS) is 17.7. The van der Waals surface area contributed by atoms with Crippen molar-refractivity contribution in [2.75, 3.05) is 6.54 Å². The van der Waals surface area contributed by atoms with Gasteiger partial charge in [0.15, 0.2) is 0 Å². The average molecular weight is 331 g/mol. The molecule has 1 spiro atoms. The fourth-order valence-corrected chi connectivity index (χ4v) is 5.08. The van der Waals surface area contributed by atoms with Crippen LogP contribution in [0.5, 0.6) is 0 Å². The smallest absolute Gasteiger partial charge is 0.0726 e. The van der Waals surface area contributed by atoms with Gasteiger partial charge in [0, 0.05) is 11.8 Å². The van der Waals surface area contributed by atoms with Gasteiger partial charge < -0.3 is 0 Å². The molecule has 0 fully saturated rings. The van der Waals surface area contributed by atoms with Gasteiger partial charge in [-0.25, -0.2) is 0 Å². The summed E-state index contributed by atoms with van der Waals surface area (Å²) < 4.78 is 0. The Morgan fingerprint density at radius 2 is 1.19 bits per heavy atom. The molecule has 3 aliphatic rings. The van der Waals surface area contributed by atoms with Crippen LogP contribution < -0.4 is 0 Å². The highest BCUT2D eigenvalue weighted by Crippen LogP contribution is 2.61. The molecule has 0 aromatic heterocycles. The molecule has 3 aromatic carbocycles. The highest BCUT2D eigenvalue weighted by atomic mass is 14.7. The molecule has 1 nitrogen and oxygen atoms in total. The Labute approximate surface area is 153 Å². The third-order valence-electron chi connectivity index (χ3n) is 5.98. The van der Waals surface area contributed by atoms with Crippen molar-refractivity contribution in [1.82, 2.24) is 0 Å². The molecule has 0 amide bonds. The van der Waals surface area contributed by atoms with E-state index in [2.05, 4.69) is 96.2 Å². The molecule has 0 unspecified atom stereocenters. The van der Waals surface area contributed by atoms with Crippen LogP contribution in [0.25, 0.3) is 16.7 Å². The Morgan fingerprint density at radius 1 is 0.654 bits per heavy atom. The molecular formula is C25H17N. The van der Waals surface area contributed by atoms with Crippen LogP contribution in [-0.2, 0) is 5.41 Å². The minimum absolute atomic E-state index is 0.230. The molecule has 1 aliphatic heterocycles. The van der Waals surface area contributed by atoms with E-state index in [1.54, 1.807) is 0 Å². The molecule has 0 saturated heterocycles. The quantitative estimate of drug-likeness (QED) is 0.522. The summed E-state index contributed by atoms with van der Waals surface area (Å²) in [4.78, 5) is 4.61. The second kappa shape index (κ2) is 4.92. The van der Waals surface area contributed by atoms with Crippen LogP contribution in [0.3, 0.4) is 0 Å². The summed E-state index contributed by atoms with van der Waals surface area (Å²) in [6.07, 6.45) is 6.57. The number of hydrogen-bond donors (Lipinski definition) is 0. The molecule has 0 radical (unpaired) electrons. The minimum Gasteiger partial charge on any atom is -0.288 e. The molecule has 0 atom stereocenters. The van der Waals surface area contributed by atoms with Crippen molar-refractivity contribution >= 4 is 11.8 Å². The molecular weight excluding hydrogens is 314 g/mol. The molecule has 2 aliphatic carbocycles. The van der Waals surface area contributed by atoms with Crippen molar-refractivity contribution in [2.24, 2.45) is 4.99 Å². The lowest BCUT2D eigenvalue weighted by atomic mass is 9.69. The predicted octanol–water partition coefficient (Wildman–Crippen LogP) is 5.41. The maximum absolute atomic E-state index is 4.61. The van der Waals surface area contributed by atoms with Crippen molar-refractivity contribution < 1.29 is 0 Å². The van der Waals surface area contributed by atoms with E-state index in [-0.39, 0.29) is 5.41 Å². The van der Waals surface area contributed by atoms with Crippen LogP contribution in [0, 0.1) is 0 Å². The highest BCUT2D eigenvalue weighted by molar-refractivity contribution is 6.17. The van der Waals surface area contributed by atoms with Crippen LogP contribution >= 0.6 is 0 Å². The number of rotatable bonds is 0. The van der Waals surface area contributed by atoms with Crippen LogP contribution in [0.2, 0.25) is 0 Å². The van der Waals surface area contributed by atoms with Crippen molar-refractivity contribution in [3.8, 4) is 11.1 Å². The number of allylic oxidation sites excluding steroid dienone is 3. The maximum atomic E-state index is 4.61. The number of nitrogens with zero attached hydrogens (tertiary/aromatic N) is 1. The first-order chi connectivity index (χ1) is 12.9. The van der Waals surface area contributed by atoms with Gasteiger partial charge in [-0.15, -0.1) is 0 Å². The Hall–Kier alpha value is -3.19. The van der Waals surface area contributed by atoms with E-state index in [1.165, 1.54) is 44.5 Å². The number of fused-ring (bicyclic) bond motifs is 9. The molecule has 1 heterocycles. The molecule has 0 saturated carbocycles. The zero-order valence-corrected chi connectivity index (χ0v) is 14.3. The fraction of sp³-hybridized carbons (Fsp3) is 0.0800. The molecule has 3 aromatic rings. The van der Waals surface area contributed by atoms with E-state index in [0.717, 1.165) is 6.54 Å². The molecule has 122 valence electrons. The summed E-state index contributed by atoms with van der Waals surface area (Å²) in [7, 11) is 0. The first kappa shape index (κ1) is 14.0. The van der Waals surface area contributed by atoms with Gasteiger partial charge in [0.25, 0.3) is 0 Å². The summed E-state index contributed by atoms with van der Waals surface area (Å²) in [6, 6.07) is 26.6. The average Bonchev–Trinajstić information content (AvgIpc) is 3.00. The predicted molar refractivity (Wildman–Crippen MR) is 108 cm³/mol. The fourth-order valence-electron chi connectivity index (χ4n) is 5.08. The summed E-state index contributed by atoms with van der Waals surface area (Å²) in [5, 5.41) is 0. The van der Waals surface area contributed by atoms with Gasteiger partial charge in [0.1, 0.15) is 0 Å². The van der Waals surface area contributed by atoms with Gasteiger partial charge in [-0.3, -0.25) is 4.99 Å². The van der Waals surface area contributed by atoms with Gasteiger partial charge in [-0.05, 0) is 39.0 Å². The third kappa shape index (κ3) is 1.50. The molecule has 1 heteroatoms. The Morgan fingerprint density at radius 3 is 1.85 bits per heavy atom. The van der Waals surface area contributed by atoms with E-state index < -0.39 is 0 Å². The van der Waals surface area contributed by atoms with E-state index in [4.69, 9.17) is 0 Å². The van der Waals surface area contributed by atoms with Gasteiger partial charge in [-0.1, -0.05) is 84.9 Å². The van der Waals surface area contributed by atoms with Crippen molar-refractivity contribution in [2.45, 2.75) is 5.41 Å². The third-order valence-corrected chi connectivity index (χ3v) is 5.98. The van der Waals surface area contributed by atoms with Gasteiger partial charge in [-0.2, -0.15) is 0 Å². The Balaban J connectivity index is 1.85. The topological polar surface area (TPSA) is 12.4 Å². The summed E-state index contributed by atoms with van der Waals surface area (Å²) in [6.45, 7) is 0.745. The van der Waals surface area contributed by atoms with Crippen molar-refractivity contribution in [1.29, 1.82) is 0 Å². The lowest BCUT2D eigenvalue weighted by Gasteiger charge is -2.31. The SMILES string of the molecule is C1=CC2=C(C=NC1)c1ccccc1C21c2ccccc2-c2ccccc21. The van der Waals surface area contributed by atoms with E-state index in [1.807, 2.05) is 0 Å². The zero-order chi connectivity index (χ0) is 17.1. The van der Waals surface area contributed by atoms with Gasteiger partial charge in [0.2, 0.25) is 0 Å². The number of hydrogen-bond acceptors (Lipinski definition) is 1. The maximum Gasteiger partial charge on any atom is 0.0726 e. The van der Waals surface area contributed by atoms with Gasteiger partial charge in [0.05, 0.1) is 12.0 Å². The summed E-state index contributed by atoms with van der Waals surface area (Å²) >= 11 is 0. The Kier molecular flexibility index (Phi) is 2.66. The minimum atomic E-state index is -0.230. The summed E-state index contributed by atoms with van der Waals surface area (Å²) in [5.41, 5.74) is 10.5. The second-order valence-electron chi connectivity index (χ2n) is 7.11. The van der Waals surface area contributed by atoms with Crippen LogP contribution in [-0.4, -0.2) is 12.8 Å². The lowest BCUT2D eigenvalue weighted by Crippen LogP contribution is -2.26. The van der Waals surface area contributed by atoms with Crippen LogP contribution in [0.4, 0.5) is 0 Å². The first-order valence-corrected chi connectivity index (χ1v) is 9.13. The first-order valence-electron chi connectivity index (χ1n) is 9.13. The van der Waals surface area contributed by atoms with Crippen molar-refractivity contribution in [3.63, 3.8) is 0 Å². The molecule has 0 bridgehead atoms. The highest BCUT2D eigenvalue weighted by Gasteiger charge is 2.51. The zero-order valence-electron chi connectivity index (χ0n) is 14.3. The van der Waals surface area contributed by atoms with Gasteiger partial charge >= 0.3 is 0 Å². The number of benzene rings is 3. The number of aliphatic imine (C=N–C) groups is 1. The monoisotopic (exact) mass is 331 g/mol. The second-order valence-corrected chi connectivity index (χ2v) is 7.11. The molecule has 0 N–H and O–H groups in total. The lowest BCUT2D eigenvalue weighted by molar-refractivity contribution is 0.786. The summed E-state index contributed by atoms with van der Waals surface area (Å²) in [5.74, 6) is 0.